The molecule has 0 aliphatic carbocycles. The van der Waals surface area contributed by atoms with E-state index in [2.05, 4.69) is 5.32 Å². The van der Waals surface area contributed by atoms with Gasteiger partial charge in [0.15, 0.2) is 0 Å². The van der Waals surface area contributed by atoms with Gasteiger partial charge in [-0.2, -0.15) is 0 Å². The van der Waals surface area contributed by atoms with Gasteiger partial charge < -0.3 is 19.9 Å². The zero-order valence-corrected chi connectivity index (χ0v) is 16.4. The molecule has 0 spiro atoms. The molecule has 1 N–H and O–H groups in total. The molecule has 1 aromatic carbocycles. The van der Waals surface area contributed by atoms with Crippen LogP contribution < -0.4 is 15.0 Å². The van der Waals surface area contributed by atoms with Crippen LogP contribution in [0, 0.1) is 11.8 Å². The maximum absolute atomic E-state index is 13.0. The summed E-state index contributed by atoms with van der Waals surface area (Å²) < 4.78 is 5.66. The number of benzene rings is 1. The third kappa shape index (κ3) is 4.61. The van der Waals surface area contributed by atoms with E-state index in [1.54, 1.807) is 4.90 Å². The Kier molecular flexibility index (Phi) is 6.72. The van der Waals surface area contributed by atoms with Gasteiger partial charge in [0, 0.05) is 26.1 Å². The molecule has 3 rings (SSSR count). The Morgan fingerprint density at radius 1 is 1.26 bits per heavy atom. The van der Waals surface area contributed by atoms with E-state index in [0.29, 0.717) is 31.2 Å². The van der Waals surface area contributed by atoms with E-state index >= 15 is 0 Å². The molecule has 2 aliphatic heterocycles. The van der Waals surface area contributed by atoms with E-state index in [0.717, 1.165) is 38.2 Å². The van der Waals surface area contributed by atoms with Crippen molar-refractivity contribution in [2.45, 2.75) is 32.6 Å². The van der Waals surface area contributed by atoms with Gasteiger partial charge in [0.05, 0.1) is 18.2 Å². The van der Waals surface area contributed by atoms with Crippen molar-refractivity contribution in [2.75, 3.05) is 44.7 Å². The number of hydrogen-bond acceptors (Lipinski definition) is 4. The Morgan fingerprint density at radius 3 is 2.70 bits per heavy atom. The second-order valence-corrected chi connectivity index (χ2v) is 7.47. The summed E-state index contributed by atoms with van der Waals surface area (Å²) in [7, 11) is 1.98. The van der Waals surface area contributed by atoms with Crippen molar-refractivity contribution in [1.82, 2.24) is 10.2 Å². The van der Waals surface area contributed by atoms with E-state index < -0.39 is 0 Å². The Hall–Kier alpha value is -2.08. The van der Waals surface area contributed by atoms with E-state index in [4.69, 9.17) is 4.74 Å². The third-order valence-corrected chi connectivity index (χ3v) is 5.66. The number of ether oxygens (including phenoxy) is 1. The molecule has 1 aromatic rings. The number of anilines is 1. The summed E-state index contributed by atoms with van der Waals surface area (Å²) in [5, 5.41) is 3.20. The molecule has 2 saturated heterocycles. The first-order valence-corrected chi connectivity index (χ1v) is 10.1. The maximum Gasteiger partial charge on any atom is 0.228 e. The molecular formula is C21H31N3O3. The van der Waals surface area contributed by atoms with Crippen molar-refractivity contribution in [3.8, 4) is 5.75 Å². The van der Waals surface area contributed by atoms with Gasteiger partial charge in [0.2, 0.25) is 11.8 Å². The van der Waals surface area contributed by atoms with Gasteiger partial charge in [-0.25, -0.2) is 0 Å². The Balaban J connectivity index is 1.60. The Labute approximate surface area is 161 Å². The number of piperidine rings is 1. The first kappa shape index (κ1) is 19.7. The first-order chi connectivity index (χ1) is 13.1. The lowest BCUT2D eigenvalue weighted by atomic mass is 9.92. The van der Waals surface area contributed by atoms with Crippen LogP contribution in [-0.4, -0.2) is 56.5 Å². The summed E-state index contributed by atoms with van der Waals surface area (Å²) in [5.74, 6) is 1.28. The molecular weight excluding hydrogens is 342 g/mol. The summed E-state index contributed by atoms with van der Waals surface area (Å²) in [5.41, 5.74) is 0.769. The zero-order chi connectivity index (χ0) is 19.2. The van der Waals surface area contributed by atoms with Crippen LogP contribution >= 0.6 is 0 Å². The largest absolute Gasteiger partial charge is 0.492 e. The molecule has 2 amide bonds. The normalized spacial score (nSPS) is 21.0. The highest BCUT2D eigenvalue weighted by atomic mass is 16.5. The van der Waals surface area contributed by atoms with Gasteiger partial charge in [0.1, 0.15) is 5.75 Å². The second kappa shape index (κ2) is 9.22. The van der Waals surface area contributed by atoms with E-state index in [-0.39, 0.29) is 17.7 Å². The molecule has 6 nitrogen and oxygen atoms in total. The minimum Gasteiger partial charge on any atom is -0.492 e. The summed E-state index contributed by atoms with van der Waals surface area (Å²) >= 11 is 0. The van der Waals surface area contributed by atoms with Gasteiger partial charge in [-0.15, -0.1) is 0 Å². The number of rotatable bonds is 7. The summed E-state index contributed by atoms with van der Waals surface area (Å²) in [4.78, 5) is 29.2. The highest BCUT2D eigenvalue weighted by Gasteiger charge is 2.38. The van der Waals surface area contributed by atoms with Gasteiger partial charge in [0.25, 0.3) is 0 Å². The average molecular weight is 373 g/mol. The summed E-state index contributed by atoms with van der Waals surface area (Å²) in [6.07, 6.45) is 3.58. The second-order valence-electron chi connectivity index (χ2n) is 7.47. The molecule has 2 fully saturated rings. The van der Waals surface area contributed by atoms with Crippen LogP contribution in [0.5, 0.6) is 5.75 Å². The Bertz CT molecular complexity index is 656. The summed E-state index contributed by atoms with van der Waals surface area (Å²) in [6.45, 7) is 5.57. The molecule has 148 valence electrons. The fourth-order valence-corrected chi connectivity index (χ4v) is 4.11. The van der Waals surface area contributed by atoms with Crippen LogP contribution in [0.4, 0.5) is 5.69 Å². The molecule has 6 heteroatoms. The van der Waals surface area contributed by atoms with E-state index in [1.165, 1.54) is 6.42 Å². The standard InChI is InChI=1S/C21H31N3O3/c1-3-27-19-7-5-4-6-18(19)24-15-17(14-20(24)25)21(26)23-12-9-16(10-13-23)8-11-22-2/h4-7,16-17,22H,3,8-15H2,1-2H3. The van der Waals surface area contributed by atoms with Gasteiger partial charge in [-0.1, -0.05) is 12.1 Å². The van der Waals surface area contributed by atoms with Crippen LogP contribution in [0.2, 0.25) is 0 Å². The van der Waals surface area contributed by atoms with Crippen LogP contribution in [0.15, 0.2) is 24.3 Å². The van der Waals surface area contributed by atoms with Crippen molar-refractivity contribution in [3.63, 3.8) is 0 Å². The molecule has 0 aromatic heterocycles. The number of hydrogen-bond donors (Lipinski definition) is 1. The Morgan fingerprint density at radius 2 is 2.00 bits per heavy atom. The van der Waals surface area contributed by atoms with Crippen molar-refractivity contribution >= 4 is 17.5 Å². The molecule has 0 saturated carbocycles. The highest BCUT2D eigenvalue weighted by Crippen LogP contribution is 2.34. The molecule has 2 aliphatic rings. The number of amides is 2. The lowest BCUT2D eigenvalue weighted by Gasteiger charge is -2.33. The first-order valence-electron chi connectivity index (χ1n) is 10.1. The van der Waals surface area contributed by atoms with E-state index in [1.807, 2.05) is 43.1 Å². The van der Waals surface area contributed by atoms with Crippen LogP contribution in [0.3, 0.4) is 0 Å². The topological polar surface area (TPSA) is 61.9 Å². The van der Waals surface area contributed by atoms with Crippen molar-refractivity contribution < 1.29 is 14.3 Å². The molecule has 1 atom stereocenters. The highest BCUT2D eigenvalue weighted by molar-refractivity contribution is 6.01. The minimum atomic E-state index is -0.249. The predicted molar refractivity (Wildman–Crippen MR) is 106 cm³/mol. The monoisotopic (exact) mass is 373 g/mol. The fourth-order valence-electron chi connectivity index (χ4n) is 4.11. The fraction of sp³-hybridized carbons (Fsp3) is 0.619. The van der Waals surface area contributed by atoms with Crippen LogP contribution in [0.1, 0.15) is 32.6 Å². The van der Waals surface area contributed by atoms with Crippen LogP contribution in [0.25, 0.3) is 0 Å². The maximum atomic E-state index is 13.0. The number of likely N-dealkylation sites (tertiary alicyclic amines) is 1. The zero-order valence-electron chi connectivity index (χ0n) is 16.4. The smallest absolute Gasteiger partial charge is 0.228 e. The predicted octanol–water partition coefficient (Wildman–Crippen LogP) is 2.29. The lowest BCUT2D eigenvalue weighted by molar-refractivity contribution is -0.137. The van der Waals surface area contributed by atoms with Crippen LogP contribution in [-0.2, 0) is 9.59 Å². The molecule has 2 heterocycles. The number of carbonyl (C=O) groups excluding carboxylic acids is 2. The summed E-state index contributed by atoms with van der Waals surface area (Å²) in [6, 6.07) is 7.56. The lowest BCUT2D eigenvalue weighted by Crippen LogP contribution is -2.42. The number of carbonyl (C=O) groups is 2. The molecule has 0 bridgehead atoms. The van der Waals surface area contributed by atoms with E-state index in [9.17, 15) is 9.59 Å². The van der Waals surface area contributed by atoms with Gasteiger partial charge in [-0.3, -0.25) is 9.59 Å². The van der Waals surface area contributed by atoms with Crippen molar-refractivity contribution in [2.24, 2.45) is 11.8 Å². The third-order valence-electron chi connectivity index (χ3n) is 5.66. The SMILES string of the molecule is CCOc1ccccc1N1CC(C(=O)N2CCC(CCNC)CC2)CC1=O. The molecule has 1 unspecified atom stereocenters. The average Bonchev–Trinajstić information content (AvgIpc) is 3.08. The number of nitrogens with zero attached hydrogens (tertiary/aromatic N) is 2. The van der Waals surface area contributed by atoms with Crippen molar-refractivity contribution in [1.29, 1.82) is 0 Å². The van der Waals surface area contributed by atoms with Crippen molar-refractivity contribution in [3.05, 3.63) is 24.3 Å². The molecule has 0 radical (unpaired) electrons. The quantitative estimate of drug-likeness (QED) is 0.797. The van der Waals surface area contributed by atoms with Gasteiger partial charge in [-0.05, 0) is 57.8 Å². The molecule has 27 heavy (non-hydrogen) atoms. The minimum absolute atomic E-state index is 0.00408. The number of nitrogens with one attached hydrogen (secondary N) is 1. The van der Waals surface area contributed by atoms with Gasteiger partial charge >= 0.3 is 0 Å². The number of para-hydroxylation sites is 2.